The smallest absolute Gasteiger partial charge is 0.239 e. The molecule has 0 saturated carbocycles. The van der Waals surface area contributed by atoms with E-state index in [9.17, 15) is 4.79 Å². The Balaban J connectivity index is 3.43. The van der Waals surface area contributed by atoms with Crippen molar-refractivity contribution in [3.8, 4) is 0 Å². The maximum atomic E-state index is 11.0. The second kappa shape index (κ2) is 7.02. The third-order valence-corrected chi connectivity index (χ3v) is 1.44. The first kappa shape index (κ1) is 11.4. The second-order valence-electron chi connectivity index (χ2n) is 2.58. The summed E-state index contributed by atoms with van der Waals surface area (Å²) in [5.41, 5.74) is 5.39. The number of nitrogens with one attached hydrogen (secondary N) is 1. The molecule has 5 nitrogen and oxygen atoms in total. The lowest BCUT2D eigenvalue weighted by atomic mass is 10.3. The van der Waals surface area contributed by atoms with Crippen LogP contribution in [0, 0.1) is 0 Å². The van der Waals surface area contributed by atoms with E-state index < -0.39 is 6.04 Å². The lowest BCUT2D eigenvalue weighted by molar-refractivity contribution is -0.123. The molecule has 0 unspecified atom stereocenters. The summed E-state index contributed by atoms with van der Waals surface area (Å²) in [5.74, 6) is 4.55. The van der Waals surface area contributed by atoms with E-state index in [1.807, 2.05) is 0 Å². The molecule has 72 valence electrons. The molecule has 0 radical (unpaired) electrons. The maximum Gasteiger partial charge on any atom is 0.239 e. The van der Waals surface area contributed by atoms with Crippen LogP contribution in [0.3, 0.4) is 0 Å². The van der Waals surface area contributed by atoms with E-state index in [0.29, 0.717) is 6.54 Å². The average Bonchev–Trinajstić information content (AvgIpc) is 2.05. The van der Waals surface area contributed by atoms with Crippen molar-refractivity contribution in [3.63, 3.8) is 0 Å². The molecule has 0 fully saturated rings. The Hall–Kier alpha value is -0.650. The van der Waals surface area contributed by atoms with Gasteiger partial charge in [0.15, 0.2) is 0 Å². The summed E-state index contributed by atoms with van der Waals surface area (Å²) in [6.07, 6.45) is 2.00. The molecule has 0 aliphatic rings. The zero-order valence-corrected chi connectivity index (χ0v) is 7.38. The lowest BCUT2D eigenvalue weighted by Crippen LogP contribution is -2.44. The van der Waals surface area contributed by atoms with Gasteiger partial charge in [-0.25, -0.2) is 5.90 Å². The Labute approximate surface area is 72.4 Å². The Kier molecular flexibility index (Phi) is 6.64. The first-order chi connectivity index (χ1) is 5.72. The highest BCUT2D eigenvalue weighted by molar-refractivity contribution is 5.81. The number of hydrogen-bond acceptors (Lipinski definition) is 4. The number of nitrogens with two attached hydrogens (primary N) is 2. The fraction of sp³-hybridized carbons (Fsp3) is 0.857. The topological polar surface area (TPSA) is 90.4 Å². The monoisotopic (exact) mass is 175 g/mol. The van der Waals surface area contributed by atoms with Crippen LogP contribution < -0.4 is 16.9 Å². The van der Waals surface area contributed by atoms with E-state index in [1.165, 1.54) is 0 Å². The second-order valence-corrected chi connectivity index (χ2v) is 2.58. The van der Waals surface area contributed by atoms with Gasteiger partial charge in [-0.2, -0.15) is 0 Å². The van der Waals surface area contributed by atoms with Crippen LogP contribution in [0.4, 0.5) is 0 Å². The van der Waals surface area contributed by atoms with Gasteiger partial charge in [0.05, 0.1) is 6.61 Å². The highest BCUT2D eigenvalue weighted by Crippen LogP contribution is 1.84. The van der Waals surface area contributed by atoms with Crippen LogP contribution >= 0.6 is 0 Å². The molecule has 0 saturated heterocycles. The highest BCUT2D eigenvalue weighted by Gasteiger charge is 2.11. The molecule has 1 atom stereocenters. The van der Waals surface area contributed by atoms with Crippen LogP contribution in [0.25, 0.3) is 0 Å². The predicted octanol–water partition coefficient (Wildman–Crippen LogP) is -0.880. The number of carbonyl (C=O) groups excluding carboxylic acids is 1. The SMILES string of the molecule is CCCCNC(=O)[C@H](N)CON. The number of carbonyl (C=O) groups is 1. The Bertz CT molecular complexity index is 130. The molecule has 1 amide bonds. The van der Waals surface area contributed by atoms with Crippen molar-refractivity contribution in [2.45, 2.75) is 25.8 Å². The normalized spacial score (nSPS) is 12.6. The molecule has 0 aromatic rings. The zero-order chi connectivity index (χ0) is 9.40. The zero-order valence-electron chi connectivity index (χ0n) is 7.38. The van der Waals surface area contributed by atoms with E-state index >= 15 is 0 Å². The fourth-order valence-electron chi connectivity index (χ4n) is 0.699. The Morgan fingerprint density at radius 1 is 1.67 bits per heavy atom. The van der Waals surface area contributed by atoms with Crippen molar-refractivity contribution in [1.29, 1.82) is 0 Å². The van der Waals surface area contributed by atoms with E-state index in [0.717, 1.165) is 12.8 Å². The van der Waals surface area contributed by atoms with Crippen LogP contribution in [0.5, 0.6) is 0 Å². The van der Waals surface area contributed by atoms with Crippen LogP contribution in [0.2, 0.25) is 0 Å². The number of amides is 1. The predicted molar refractivity (Wildman–Crippen MR) is 46.0 cm³/mol. The summed E-state index contributed by atoms with van der Waals surface area (Å²) >= 11 is 0. The van der Waals surface area contributed by atoms with Crippen molar-refractivity contribution in [2.24, 2.45) is 11.6 Å². The van der Waals surface area contributed by atoms with E-state index in [2.05, 4.69) is 17.1 Å². The molecular weight excluding hydrogens is 158 g/mol. The van der Waals surface area contributed by atoms with Crippen LogP contribution in [0.1, 0.15) is 19.8 Å². The quantitative estimate of drug-likeness (QED) is 0.361. The summed E-state index contributed by atoms with van der Waals surface area (Å²) < 4.78 is 0. The Morgan fingerprint density at radius 3 is 2.83 bits per heavy atom. The van der Waals surface area contributed by atoms with Crippen molar-refractivity contribution >= 4 is 5.91 Å². The molecule has 0 aromatic heterocycles. The summed E-state index contributed by atoms with van der Waals surface area (Å²) in [5, 5.41) is 2.67. The molecular formula is C7H17N3O2. The van der Waals surface area contributed by atoms with Crippen molar-refractivity contribution in [3.05, 3.63) is 0 Å². The van der Waals surface area contributed by atoms with Gasteiger partial charge in [-0.15, -0.1) is 0 Å². The van der Waals surface area contributed by atoms with Gasteiger partial charge in [-0.3, -0.25) is 4.79 Å². The van der Waals surface area contributed by atoms with Gasteiger partial charge in [0, 0.05) is 6.54 Å². The van der Waals surface area contributed by atoms with Gasteiger partial charge in [-0.05, 0) is 6.42 Å². The average molecular weight is 175 g/mol. The summed E-state index contributed by atoms with van der Waals surface area (Å²) in [6.45, 7) is 2.76. The van der Waals surface area contributed by atoms with Gasteiger partial charge in [0.2, 0.25) is 5.91 Å². The van der Waals surface area contributed by atoms with Gasteiger partial charge in [-0.1, -0.05) is 13.3 Å². The first-order valence-corrected chi connectivity index (χ1v) is 4.07. The summed E-state index contributed by atoms with van der Waals surface area (Å²) in [6, 6.07) is -0.660. The van der Waals surface area contributed by atoms with Crippen molar-refractivity contribution < 1.29 is 9.63 Å². The molecule has 0 aliphatic carbocycles. The molecule has 0 bridgehead atoms. The largest absolute Gasteiger partial charge is 0.355 e. The maximum absolute atomic E-state index is 11.0. The molecule has 0 rings (SSSR count). The molecule has 5 heteroatoms. The van der Waals surface area contributed by atoms with Gasteiger partial charge < -0.3 is 15.9 Å². The number of hydrogen-bond donors (Lipinski definition) is 3. The minimum Gasteiger partial charge on any atom is -0.355 e. The number of rotatable bonds is 6. The first-order valence-electron chi connectivity index (χ1n) is 4.07. The molecule has 5 N–H and O–H groups in total. The molecule has 0 heterocycles. The molecule has 0 aromatic carbocycles. The van der Waals surface area contributed by atoms with Crippen LogP contribution in [-0.2, 0) is 9.63 Å². The third kappa shape index (κ3) is 5.06. The third-order valence-electron chi connectivity index (χ3n) is 1.44. The van der Waals surface area contributed by atoms with Crippen LogP contribution in [-0.4, -0.2) is 25.1 Å². The van der Waals surface area contributed by atoms with Crippen molar-refractivity contribution in [1.82, 2.24) is 5.32 Å². The fourth-order valence-corrected chi connectivity index (χ4v) is 0.699. The van der Waals surface area contributed by atoms with E-state index in [4.69, 9.17) is 11.6 Å². The number of unbranched alkanes of at least 4 members (excludes halogenated alkanes) is 1. The summed E-state index contributed by atoms with van der Waals surface area (Å²) in [4.78, 5) is 15.3. The minimum absolute atomic E-state index is 0.0535. The van der Waals surface area contributed by atoms with Gasteiger partial charge in [0.25, 0.3) is 0 Å². The Morgan fingerprint density at radius 2 is 2.33 bits per heavy atom. The van der Waals surface area contributed by atoms with E-state index in [-0.39, 0.29) is 12.5 Å². The molecule has 0 aliphatic heterocycles. The standard InChI is InChI=1S/C7H17N3O2/c1-2-3-4-10-7(11)6(8)5-12-9/h6H,2-5,8-9H2,1H3,(H,10,11)/t6-/m1/s1. The van der Waals surface area contributed by atoms with Crippen molar-refractivity contribution in [2.75, 3.05) is 13.2 Å². The van der Waals surface area contributed by atoms with E-state index in [1.54, 1.807) is 0 Å². The highest BCUT2D eigenvalue weighted by atomic mass is 16.6. The van der Waals surface area contributed by atoms with Crippen LogP contribution in [0.15, 0.2) is 0 Å². The minimum atomic E-state index is -0.660. The molecule has 12 heavy (non-hydrogen) atoms. The van der Waals surface area contributed by atoms with Gasteiger partial charge in [0.1, 0.15) is 6.04 Å². The van der Waals surface area contributed by atoms with Gasteiger partial charge >= 0.3 is 0 Å². The molecule has 0 spiro atoms. The lowest BCUT2D eigenvalue weighted by Gasteiger charge is -2.09. The summed E-state index contributed by atoms with van der Waals surface area (Å²) in [7, 11) is 0.